The van der Waals surface area contributed by atoms with Gasteiger partial charge in [0.25, 0.3) is 0 Å². The van der Waals surface area contributed by atoms with Gasteiger partial charge in [-0.15, -0.1) is 0 Å². The second-order valence-electron chi connectivity index (χ2n) is 5.44. The normalized spacial score (nSPS) is 12.1. The Kier molecular flexibility index (Phi) is 6.61. The van der Waals surface area contributed by atoms with Crippen LogP contribution < -0.4 is 14.2 Å². The summed E-state index contributed by atoms with van der Waals surface area (Å²) in [6.07, 6.45) is -4.45. The SMILES string of the molecule is COc1cccc(CCNS(=O)(=O)c2cc(C(F)(F)F)ccc2Cl)c1OC. The molecule has 2 aromatic carbocycles. The third kappa shape index (κ3) is 5.06. The van der Waals surface area contributed by atoms with Crippen LogP contribution in [0.1, 0.15) is 11.1 Å². The lowest BCUT2D eigenvalue weighted by Gasteiger charge is -2.14. The number of benzene rings is 2. The van der Waals surface area contributed by atoms with Crippen LogP contribution in [-0.2, 0) is 22.6 Å². The van der Waals surface area contributed by atoms with E-state index in [1.54, 1.807) is 18.2 Å². The third-order valence-electron chi connectivity index (χ3n) is 3.72. The number of nitrogens with one attached hydrogen (secondary N) is 1. The highest BCUT2D eigenvalue weighted by molar-refractivity contribution is 7.89. The van der Waals surface area contributed by atoms with E-state index in [1.807, 2.05) is 0 Å². The van der Waals surface area contributed by atoms with E-state index in [9.17, 15) is 21.6 Å². The number of ether oxygens (including phenoxy) is 2. The standard InChI is InChI=1S/C17H17ClF3NO4S/c1-25-14-5-3-4-11(16(14)26-2)8-9-22-27(23,24)15-10-12(17(19,20)21)6-7-13(15)18/h3-7,10,22H,8-9H2,1-2H3. The molecule has 0 spiro atoms. The number of rotatable bonds is 7. The molecule has 148 valence electrons. The van der Waals surface area contributed by atoms with Crippen LogP contribution in [0.4, 0.5) is 13.2 Å². The second-order valence-corrected chi connectivity index (χ2v) is 7.59. The Bertz CT molecular complexity index is 917. The number of halogens is 4. The maximum atomic E-state index is 12.8. The largest absolute Gasteiger partial charge is 0.493 e. The Morgan fingerprint density at radius 1 is 1.11 bits per heavy atom. The molecule has 0 atom stereocenters. The van der Waals surface area contributed by atoms with Crippen molar-refractivity contribution in [3.63, 3.8) is 0 Å². The molecule has 5 nitrogen and oxygen atoms in total. The van der Waals surface area contributed by atoms with Gasteiger partial charge in [-0.2, -0.15) is 13.2 Å². The van der Waals surface area contributed by atoms with Gasteiger partial charge in [0.2, 0.25) is 10.0 Å². The summed E-state index contributed by atoms with van der Waals surface area (Å²) in [6.45, 7) is -0.0710. The van der Waals surface area contributed by atoms with E-state index in [2.05, 4.69) is 4.72 Å². The molecule has 0 bridgehead atoms. The van der Waals surface area contributed by atoms with Crippen molar-refractivity contribution in [2.45, 2.75) is 17.5 Å². The van der Waals surface area contributed by atoms with Crippen LogP contribution in [0.15, 0.2) is 41.3 Å². The van der Waals surface area contributed by atoms with E-state index >= 15 is 0 Å². The highest BCUT2D eigenvalue weighted by Crippen LogP contribution is 2.33. The maximum Gasteiger partial charge on any atom is 0.416 e. The van der Waals surface area contributed by atoms with Crippen molar-refractivity contribution in [1.82, 2.24) is 4.72 Å². The summed E-state index contributed by atoms with van der Waals surface area (Å²) >= 11 is 5.79. The summed E-state index contributed by atoms with van der Waals surface area (Å²) in [5, 5.41) is -0.297. The summed E-state index contributed by atoms with van der Waals surface area (Å²) in [5.74, 6) is 0.940. The lowest BCUT2D eigenvalue weighted by molar-refractivity contribution is -0.137. The van der Waals surface area contributed by atoms with E-state index in [0.717, 1.165) is 12.1 Å². The molecule has 0 aliphatic carbocycles. The molecule has 0 heterocycles. The van der Waals surface area contributed by atoms with Gasteiger partial charge in [-0.3, -0.25) is 0 Å². The minimum Gasteiger partial charge on any atom is -0.493 e. The minimum atomic E-state index is -4.68. The molecule has 0 aromatic heterocycles. The molecule has 0 aliphatic heterocycles. The van der Waals surface area contributed by atoms with Gasteiger partial charge in [-0.1, -0.05) is 23.7 Å². The first-order chi connectivity index (χ1) is 12.6. The van der Waals surface area contributed by atoms with Gasteiger partial charge in [0, 0.05) is 6.54 Å². The summed E-state index contributed by atoms with van der Waals surface area (Å²) in [6, 6.07) is 7.28. The Morgan fingerprint density at radius 2 is 1.81 bits per heavy atom. The van der Waals surface area contributed by atoms with Gasteiger partial charge in [-0.25, -0.2) is 13.1 Å². The van der Waals surface area contributed by atoms with E-state index in [1.165, 1.54) is 14.2 Å². The molecular weight excluding hydrogens is 407 g/mol. The minimum absolute atomic E-state index is 0.0710. The number of para-hydroxylation sites is 1. The van der Waals surface area contributed by atoms with E-state index in [4.69, 9.17) is 21.1 Å². The lowest BCUT2D eigenvalue weighted by Crippen LogP contribution is -2.26. The van der Waals surface area contributed by atoms with Crippen LogP contribution in [0, 0.1) is 0 Å². The van der Waals surface area contributed by atoms with E-state index < -0.39 is 26.7 Å². The molecule has 0 amide bonds. The molecule has 0 unspecified atom stereocenters. The predicted octanol–water partition coefficient (Wildman–Crippen LogP) is 3.90. The highest BCUT2D eigenvalue weighted by atomic mass is 35.5. The van der Waals surface area contributed by atoms with Gasteiger partial charge in [-0.05, 0) is 36.2 Å². The Morgan fingerprint density at radius 3 is 2.41 bits per heavy atom. The molecule has 0 saturated carbocycles. The Hall–Kier alpha value is -1.97. The molecule has 2 rings (SSSR count). The van der Waals surface area contributed by atoms with Crippen LogP contribution in [0.3, 0.4) is 0 Å². The van der Waals surface area contributed by atoms with Crippen molar-refractivity contribution in [2.75, 3.05) is 20.8 Å². The summed E-state index contributed by atoms with van der Waals surface area (Å²) in [5.41, 5.74) is -0.420. The molecule has 2 aromatic rings. The number of methoxy groups -OCH3 is 2. The topological polar surface area (TPSA) is 64.6 Å². The number of hydrogen-bond donors (Lipinski definition) is 1. The van der Waals surface area contributed by atoms with Crippen LogP contribution >= 0.6 is 11.6 Å². The first-order valence-electron chi connectivity index (χ1n) is 7.66. The number of alkyl halides is 3. The van der Waals surface area contributed by atoms with Crippen molar-refractivity contribution in [3.05, 3.63) is 52.5 Å². The van der Waals surface area contributed by atoms with E-state index in [-0.39, 0.29) is 18.0 Å². The zero-order chi connectivity index (χ0) is 20.2. The van der Waals surface area contributed by atoms with Gasteiger partial charge < -0.3 is 9.47 Å². The van der Waals surface area contributed by atoms with Crippen molar-refractivity contribution >= 4 is 21.6 Å². The predicted molar refractivity (Wildman–Crippen MR) is 94.9 cm³/mol. The Labute approximate surface area is 160 Å². The smallest absolute Gasteiger partial charge is 0.416 e. The summed E-state index contributed by atoms with van der Waals surface area (Å²) in [4.78, 5) is -0.628. The van der Waals surface area contributed by atoms with E-state index in [0.29, 0.717) is 23.1 Å². The monoisotopic (exact) mass is 423 g/mol. The fourth-order valence-electron chi connectivity index (χ4n) is 2.43. The van der Waals surface area contributed by atoms with Crippen LogP contribution in [0.5, 0.6) is 11.5 Å². The second kappa shape index (κ2) is 8.37. The van der Waals surface area contributed by atoms with Crippen molar-refractivity contribution in [1.29, 1.82) is 0 Å². The number of sulfonamides is 1. The van der Waals surface area contributed by atoms with Crippen molar-refractivity contribution in [3.8, 4) is 11.5 Å². The zero-order valence-electron chi connectivity index (χ0n) is 14.4. The maximum absolute atomic E-state index is 12.8. The molecule has 0 aliphatic rings. The van der Waals surface area contributed by atoms with Crippen molar-refractivity contribution < 1.29 is 31.1 Å². The third-order valence-corrected chi connectivity index (χ3v) is 5.66. The fraction of sp³-hybridized carbons (Fsp3) is 0.294. The average molecular weight is 424 g/mol. The quantitative estimate of drug-likeness (QED) is 0.733. The first kappa shape index (κ1) is 21.3. The molecule has 0 saturated heterocycles. The summed E-state index contributed by atoms with van der Waals surface area (Å²) in [7, 11) is -1.31. The lowest BCUT2D eigenvalue weighted by atomic mass is 10.1. The molecular formula is C17H17ClF3NO4S. The van der Waals surface area contributed by atoms with Gasteiger partial charge >= 0.3 is 6.18 Å². The molecule has 0 fully saturated rings. The van der Waals surface area contributed by atoms with Gasteiger partial charge in [0.15, 0.2) is 11.5 Å². The molecule has 27 heavy (non-hydrogen) atoms. The van der Waals surface area contributed by atoms with Crippen LogP contribution in [0.25, 0.3) is 0 Å². The van der Waals surface area contributed by atoms with Crippen LogP contribution in [0.2, 0.25) is 5.02 Å². The number of hydrogen-bond acceptors (Lipinski definition) is 4. The summed E-state index contributed by atoms with van der Waals surface area (Å²) < 4.78 is 75.9. The average Bonchev–Trinajstić information content (AvgIpc) is 2.60. The first-order valence-corrected chi connectivity index (χ1v) is 9.52. The fourth-order valence-corrected chi connectivity index (χ4v) is 3.99. The van der Waals surface area contributed by atoms with Gasteiger partial charge in [0.1, 0.15) is 4.90 Å². The zero-order valence-corrected chi connectivity index (χ0v) is 16.0. The molecule has 1 N–H and O–H groups in total. The van der Waals surface area contributed by atoms with Crippen molar-refractivity contribution in [2.24, 2.45) is 0 Å². The Balaban J connectivity index is 2.19. The van der Waals surface area contributed by atoms with Gasteiger partial charge in [0.05, 0.1) is 24.8 Å². The van der Waals surface area contributed by atoms with Crippen LogP contribution in [-0.4, -0.2) is 29.2 Å². The molecule has 10 heteroatoms. The molecule has 0 radical (unpaired) electrons. The highest BCUT2D eigenvalue weighted by Gasteiger charge is 2.32.